The summed E-state index contributed by atoms with van der Waals surface area (Å²) in [5.74, 6) is 0.961. The van der Waals surface area contributed by atoms with Crippen molar-refractivity contribution >= 4 is 11.7 Å². The third-order valence-electron chi connectivity index (χ3n) is 3.40. The minimum Gasteiger partial charge on any atom is -0.493 e. The van der Waals surface area contributed by atoms with E-state index in [0.717, 1.165) is 0 Å². The number of para-hydroxylation sites is 1. The van der Waals surface area contributed by atoms with Crippen LogP contribution in [0.5, 0.6) is 23.0 Å². The van der Waals surface area contributed by atoms with Gasteiger partial charge in [0.2, 0.25) is 5.75 Å². The molecule has 26 heavy (non-hydrogen) atoms. The van der Waals surface area contributed by atoms with Gasteiger partial charge in [-0.3, -0.25) is 0 Å². The molecule has 0 atom stereocenters. The summed E-state index contributed by atoms with van der Waals surface area (Å²) in [6.45, 7) is 0.328. The molecule has 2 amide bonds. The maximum atomic E-state index is 13.4. The minimum absolute atomic E-state index is 0.129. The van der Waals surface area contributed by atoms with Crippen LogP contribution in [-0.2, 0) is 0 Å². The first-order chi connectivity index (χ1) is 12.6. The highest BCUT2D eigenvalue weighted by atomic mass is 19.1. The number of methoxy groups -OCH3 is 3. The largest absolute Gasteiger partial charge is 0.493 e. The summed E-state index contributed by atoms with van der Waals surface area (Å²) in [6, 6.07) is 8.84. The van der Waals surface area contributed by atoms with Crippen LogP contribution in [0.2, 0.25) is 0 Å². The quantitative estimate of drug-likeness (QED) is 0.704. The Morgan fingerprint density at radius 3 is 2.23 bits per heavy atom. The molecule has 2 N–H and O–H groups in total. The Labute approximate surface area is 151 Å². The third-order valence-corrected chi connectivity index (χ3v) is 3.40. The van der Waals surface area contributed by atoms with Gasteiger partial charge in [-0.05, 0) is 12.1 Å². The number of urea groups is 1. The predicted molar refractivity (Wildman–Crippen MR) is 95.0 cm³/mol. The Balaban J connectivity index is 1.88. The van der Waals surface area contributed by atoms with Crippen molar-refractivity contribution in [2.24, 2.45) is 0 Å². The number of benzene rings is 2. The first-order valence-electron chi connectivity index (χ1n) is 7.81. The maximum absolute atomic E-state index is 13.4. The highest BCUT2D eigenvalue weighted by Gasteiger charge is 2.14. The van der Waals surface area contributed by atoms with Gasteiger partial charge in [0, 0.05) is 12.1 Å². The highest BCUT2D eigenvalue weighted by Crippen LogP contribution is 2.39. The highest BCUT2D eigenvalue weighted by molar-refractivity contribution is 5.90. The zero-order valence-electron chi connectivity index (χ0n) is 14.8. The molecule has 0 aliphatic rings. The Morgan fingerprint density at radius 1 is 1.00 bits per heavy atom. The van der Waals surface area contributed by atoms with E-state index in [4.69, 9.17) is 18.9 Å². The molecular formula is C18H21FN2O5. The van der Waals surface area contributed by atoms with E-state index >= 15 is 0 Å². The third kappa shape index (κ3) is 4.92. The van der Waals surface area contributed by atoms with Crippen molar-refractivity contribution in [3.8, 4) is 23.0 Å². The first kappa shape index (κ1) is 19.2. The van der Waals surface area contributed by atoms with Crippen molar-refractivity contribution in [3.05, 3.63) is 42.2 Å². The van der Waals surface area contributed by atoms with Crippen molar-refractivity contribution in [1.82, 2.24) is 5.32 Å². The SMILES string of the molecule is COc1cc(NC(=O)NCCOc2ccccc2F)cc(OC)c1OC. The zero-order chi connectivity index (χ0) is 18.9. The van der Waals surface area contributed by atoms with Gasteiger partial charge in [0.1, 0.15) is 6.61 Å². The molecule has 0 fully saturated rings. The molecule has 2 aromatic rings. The van der Waals surface area contributed by atoms with Gasteiger partial charge in [-0.2, -0.15) is 0 Å². The topological polar surface area (TPSA) is 78.1 Å². The van der Waals surface area contributed by atoms with E-state index in [9.17, 15) is 9.18 Å². The molecule has 0 saturated carbocycles. The normalized spacial score (nSPS) is 10.0. The van der Waals surface area contributed by atoms with Crippen LogP contribution in [0.25, 0.3) is 0 Å². The number of anilines is 1. The number of carbonyl (C=O) groups excluding carboxylic acids is 1. The monoisotopic (exact) mass is 364 g/mol. The smallest absolute Gasteiger partial charge is 0.319 e. The first-order valence-corrected chi connectivity index (χ1v) is 7.81. The summed E-state index contributed by atoms with van der Waals surface area (Å²) in [7, 11) is 4.47. The van der Waals surface area contributed by atoms with Crippen LogP contribution in [0.1, 0.15) is 0 Å². The molecule has 0 unspecified atom stereocenters. The summed E-state index contributed by atoms with van der Waals surface area (Å²) in [6.07, 6.45) is 0. The Bertz CT molecular complexity index is 729. The lowest BCUT2D eigenvalue weighted by molar-refractivity contribution is 0.246. The van der Waals surface area contributed by atoms with Gasteiger partial charge in [0.05, 0.1) is 33.6 Å². The molecule has 0 aliphatic carbocycles. The molecule has 2 aromatic carbocycles. The van der Waals surface area contributed by atoms with Crippen LogP contribution in [0.15, 0.2) is 36.4 Å². The number of hydrogen-bond donors (Lipinski definition) is 2. The van der Waals surface area contributed by atoms with E-state index in [-0.39, 0.29) is 18.9 Å². The molecule has 140 valence electrons. The number of hydrogen-bond acceptors (Lipinski definition) is 5. The molecule has 8 heteroatoms. The second-order valence-corrected chi connectivity index (χ2v) is 5.07. The van der Waals surface area contributed by atoms with Crippen molar-refractivity contribution in [2.75, 3.05) is 39.8 Å². The van der Waals surface area contributed by atoms with Crippen LogP contribution in [0, 0.1) is 5.82 Å². The number of rotatable bonds is 8. The number of halogens is 1. The van der Waals surface area contributed by atoms with Crippen LogP contribution in [-0.4, -0.2) is 40.5 Å². The molecule has 0 aromatic heterocycles. The summed E-state index contributed by atoms with van der Waals surface area (Å²) >= 11 is 0. The zero-order valence-corrected chi connectivity index (χ0v) is 14.8. The van der Waals surface area contributed by atoms with E-state index in [1.165, 1.54) is 33.5 Å². The second-order valence-electron chi connectivity index (χ2n) is 5.07. The Morgan fingerprint density at radius 2 is 1.65 bits per heavy atom. The van der Waals surface area contributed by atoms with Crippen molar-refractivity contribution in [1.29, 1.82) is 0 Å². The van der Waals surface area contributed by atoms with Gasteiger partial charge in [-0.1, -0.05) is 12.1 Å². The lowest BCUT2D eigenvalue weighted by Crippen LogP contribution is -2.32. The molecule has 7 nitrogen and oxygen atoms in total. The molecule has 0 aliphatic heterocycles. The fraction of sp³-hybridized carbons (Fsp3) is 0.278. The Hall–Kier alpha value is -3.16. The minimum atomic E-state index is -0.450. The average molecular weight is 364 g/mol. The molecule has 0 spiro atoms. The summed E-state index contributed by atoms with van der Waals surface area (Å²) in [5.41, 5.74) is 0.465. The van der Waals surface area contributed by atoms with Gasteiger partial charge in [-0.25, -0.2) is 9.18 Å². The maximum Gasteiger partial charge on any atom is 0.319 e. The van der Waals surface area contributed by atoms with Crippen LogP contribution >= 0.6 is 0 Å². The van der Waals surface area contributed by atoms with E-state index in [0.29, 0.717) is 22.9 Å². The molecule has 0 heterocycles. The van der Waals surface area contributed by atoms with Crippen LogP contribution in [0.4, 0.5) is 14.9 Å². The summed E-state index contributed by atoms with van der Waals surface area (Å²) < 4.78 is 34.4. The van der Waals surface area contributed by atoms with E-state index in [1.807, 2.05) is 0 Å². The predicted octanol–water partition coefficient (Wildman–Crippen LogP) is 3.05. The van der Waals surface area contributed by atoms with Crippen molar-refractivity contribution < 1.29 is 28.1 Å². The van der Waals surface area contributed by atoms with Gasteiger partial charge in [0.25, 0.3) is 0 Å². The number of amides is 2. The molecule has 0 radical (unpaired) electrons. The number of carbonyl (C=O) groups is 1. The lowest BCUT2D eigenvalue weighted by atomic mass is 10.2. The second kappa shape index (κ2) is 9.36. The molecular weight excluding hydrogens is 343 g/mol. The van der Waals surface area contributed by atoms with Gasteiger partial charge in [-0.15, -0.1) is 0 Å². The number of ether oxygens (including phenoxy) is 4. The van der Waals surface area contributed by atoms with E-state index in [2.05, 4.69) is 10.6 Å². The van der Waals surface area contributed by atoms with Crippen molar-refractivity contribution in [3.63, 3.8) is 0 Å². The Kier molecular flexibility index (Phi) is 6.90. The lowest BCUT2D eigenvalue weighted by Gasteiger charge is -2.15. The van der Waals surface area contributed by atoms with E-state index < -0.39 is 11.8 Å². The van der Waals surface area contributed by atoms with Gasteiger partial charge < -0.3 is 29.6 Å². The fourth-order valence-electron chi connectivity index (χ4n) is 2.22. The van der Waals surface area contributed by atoms with Gasteiger partial charge >= 0.3 is 6.03 Å². The summed E-state index contributed by atoms with van der Waals surface area (Å²) in [5, 5.41) is 5.27. The standard InChI is InChI=1S/C18H21FN2O5/c1-23-15-10-12(11-16(24-2)17(15)25-3)21-18(22)20-8-9-26-14-7-5-4-6-13(14)19/h4-7,10-11H,8-9H2,1-3H3,(H2,20,21,22). The molecule has 0 saturated heterocycles. The van der Waals surface area contributed by atoms with Crippen LogP contribution < -0.4 is 29.6 Å². The fourth-order valence-corrected chi connectivity index (χ4v) is 2.22. The molecule has 2 rings (SSSR count). The molecule has 0 bridgehead atoms. The van der Waals surface area contributed by atoms with Gasteiger partial charge in [0.15, 0.2) is 23.1 Å². The summed E-state index contributed by atoms with van der Waals surface area (Å²) in [4.78, 5) is 12.0. The van der Waals surface area contributed by atoms with Crippen molar-refractivity contribution in [2.45, 2.75) is 0 Å². The van der Waals surface area contributed by atoms with Crippen LogP contribution in [0.3, 0.4) is 0 Å². The average Bonchev–Trinajstić information content (AvgIpc) is 2.65. The number of nitrogens with one attached hydrogen (secondary N) is 2. The van der Waals surface area contributed by atoms with E-state index in [1.54, 1.807) is 24.3 Å².